The zero-order chi connectivity index (χ0) is 3.41. The zero-order valence-corrected chi connectivity index (χ0v) is 4.31. The molecule has 0 spiro atoms. The Balaban J connectivity index is 0. The Kier molecular flexibility index (Phi) is 16.0. The van der Waals surface area contributed by atoms with Crippen LogP contribution in [0.1, 0.15) is 0 Å². The van der Waals surface area contributed by atoms with Gasteiger partial charge in [0.15, 0.2) is 0 Å². The van der Waals surface area contributed by atoms with Gasteiger partial charge < -0.3 is 5.11 Å². The van der Waals surface area contributed by atoms with Crippen molar-refractivity contribution in [2.45, 2.75) is 0 Å². The van der Waals surface area contributed by atoms with E-state index in [1.165, 1.54) is 6.08 Å². The maximum atomic E-state index is 7.76. The Morgan fingerprint density at radius 2 is 2.00 bits per heavy atom. The summed E-state index contributed by atoms with van der Waals surface area (Å²) in [7, 11) is 0. The number of aliphatic hydroxyl groups is 1. The second-order valence-electron chi connectivity index (χ2n) is 0.471. The van der Waals surface area contributed by atoms with Crippen LogP contribution in [0, 0.1) is 0 Å². The molecule has 0 atom stereocenters. The van der Waals surface area contributed by atoms with Gasteiger partial charge in [-0.25, -0.2) is 0 Å². The van der Waals surface area contributed by atoms with Crippen molar-refractivity contribution in [3.8, 4) is 0 Å². The SMILES string of the molecule is C=CCO.[Pd]. The Morgan fingerprint density at radius 1 is 1.80 bits per heavy atom. The van der Waals surface area contributed by atoms with Crippen LogP contribution in [-0.4, -0.2) is 11.7 Å². The number of hydrogen-bond acceptors (Lipinski definition) is 1. The second-order valence-corrected chi connectivity index (χ2v) is 0.471. The molecule has 0 aromatic carbocycles. The summed E-state index contributed by atoms with van der Waals surface area (Å²) in [4.78, 5) is 0. The summed E-state index contributed by atoms with van der Waals surface area (Å²) < 4.78 is 0. The van der Waals surface area contributed by atoms with Crippen molar-refractivity contribution in [3.05, 3.63) is 12.7 Å². The topological polar surface area (TPSA) is 20.2 Å². The van der Waals surface area contributed by atoms with Gasteiger partial charge in [-0.3, -0.25) is 0 Å². The van der Waals surface area contributed by atoms with Gasteiger partial charge in [0.2, 0.25) is 0 Å². The largest absolute Gasteiger partial charge is 0.392 e. The van der Waals surface area contributed by atoms with E-state index in [2.05, 4.69) is 6.58 Å². The molecule has 0 saturated heterocycles. The van der Waals surface area contributed by atoms with Crippen LogP contribution in [0.2, 0.25) is 0 Å². The molecule has 0 aliphatic carbocycles. The summed E-state index contributed by atoms with van der Waals surface area (Å²) >= 11 is 0. The van der Waals surface area contributed by atoms with Gasteiger partial charge in [0.05, 0.1) is 6.61 Å². The van der Waals surface area contributed by atoms with E-state index in [0.29, 0.717) is 0 Å². The molecule has 34 valence electrons. The van der Waals surface area contributed by atoms with Crippen LogP contribution in [0.5, 0.6) is 0 Å². The molecule has 1 N–H and O–H groups in total. The predicted molar refractivity (Wildman–Crippen MR) is 17.3 cm³/mol. The standard InChI is InChI=1S/C3H6O.Pd/c1-2-3-4;/h2,4H,1,3H2;. The van der Waals surface area contributed by atoms with Crippen molar-refractivity contribution in [2.24, 2.45) is 0 Å². The fraction of sp³-hybridized carbons (Fsp3) is 0.333. The van der Waals surface area contributed by atoms with Gasteiger partial charge in [0.1, 0.15) is 0 Å². The smallest absolute Gasteiger partial charge is 0.0609 e. The third kappa shape index (κ3) is 13.1. The first-order chi connectivity index (χ1) is 1.91. The van der Waals surface area contributed by atoms with Crippen molar-refractivity contribution < 1.29 is 25.5 Å². The van der Waals surface area contributed by atoms with Gasteiger partial charge in [-0.1, -0.05) is 6.08 Å². The van der Waals surface area contributed by atoms with Crippen molar-refractivity contribution in [1.29, 1.82) is 0 Å². The molecule has 0 rings (SSSR count). The second kappa shape index (κ2) is 8.84. The van der Waals surface area contributed by atoms with Crippen LogP contribution in [0.25, 0.3) is 0 Å². The Morgan fingerprint density at radius 3 is 2.00 bits per heavy atom. The van der Waals surface area contributed by atoms with Gasteiger partial charge in [0.25, 0.3) is 0 Å². The molecule has 0 radical (unpaired) electrons. The molecule has 0 aliphatic heterocycles. The van der Waals surface area contributed by atoms with Crippen LogP contribution in [-0.2, 0) is 20.4 Å². The maximum Gasteiger partial charge on any atom is 0.0609 e. The van der Waals surface area contributed by atoms with Crippen molar-refractivity contribution in [1.82, 2.24) is 0 Å². The van der Waals surface area contributed by atoms with E-state index in [1.54, 1.807) is 0 Å². The Bertz CT molecular complexity index is 20.9. The van der Waals surface area contributed by atoms with E-state index in [4.69, 9.17) is 5.11 Å². The predicted octanol–water partition coefficient (Wildman–Crippen LogP) is 0.162. The molecule has 0 aliphatic rings. The molecule has 0 amide bonds. The van der Waals surface area contributed by atoms with E-state index >= 15 is 0 Å². The van der Waals surface area contributed by atoms with Crippen molar-refractivity contribution in [2.75, 3.05) is 6.61 Å². The third-order valence-electron chi connectivity index (χ3n) is 0.129. The minimum atomic E-state index is 0. The summed E-state index contributed by atoms with van der Waals surface area (Å²) in [5, 5.41) is 7.76. The molecule has 0 aromatic rings. The fourth-order valence-corrected chi connectivity index (χ4v) is 0. The number of rotatable bonds is 1. The minimum Gasteiger partial charge on any atom is -0.392 e. The first-order valence-electron chi connectivity index (χ1n) is 1.13. The van der Waals surface area contributed by atoms with E-state index < -0.39 is 0 Å². The Hall–Kier alpha value is 0.362. The van der Waals surface area contributed by atoms with Crippen LogP contribution in [0.15, 0.2) is 12.7 Å². The molecule has 5 heavy (non-hydrogen) atoms. The van der Waals surface area contributed by atoms with E-state index in [9.17, 15) is 0 Å². The molecule has 0 unspecified atom stereocenters. The molecule has 0 aromatic heterocycles. The average Bonchev–Trinajstić information content (AvgIpc) is 1.37. The van der Waals surface area contributed by atoms with E-state index in [1.807, 2.05) is 0 Å². The molecular formula is C3H6OPd. The van der Waals surface area contributed by atoms with Crippen molar-refractivity contribution in [3.63, 3.8) is 0 Å². The number of hydrogen-bond donors (Lipinski definition) is 1. The van der Waals surface area contributed by atoms with Gasteiger partial charge in [-0.05, 0) is 0 Å². The first-order valence-corrected chi connectivity index (χ1v) is 1.13. The molecule has 1 nitrogen and oxygen atoms in total. The molecule has 2 heteroatoms. The van der Waals surface area contributed by atoms with Crippen LogP contribution in [0.3, 0.4) is 0 Å². The first kappa shape index (κ1) is 9.03. The number of aliphatic hydroxyl groups excluding tert-OH is 1. The van der Waals surface area contributed by atoms with Gasteiger partial charge in [0, 0.05) is 20.4 Å². The van der Waals surface area contributed by atoms with Crippen molar-refractivity contribution >= 4 is 0 Å². The maximum absolute atomic E-state index is 7.76. The van der Waals surface area contributed by atoms with E-state index in [0.717, 1.165) is 0 Å². The molecular weight excluding hydrogens is 158 g/mol. The van der Waals surface area contributed by atoms with Crippen LogP contribution >= 0.6 is 0 Å². The summed E-state index contributed by atoms with van der Waals surface area (Å²) in [6.45, 7) is 3.31. The van der Waals surface area contributed by atoms with Gasteiger partial charge >= 0.3 is 0 Å². The molecule has 0 fully saturated rings. The summed E-state index contributed by atoms with van der Waals surface area (Å²) in [5.41, 5.74) is 0. The van der Waals surface area contributed by atoms with Gasteiger partial charge in [-0.2, -0.15) is 0 Å². The normalized spacial score (nSPS) is 5.00. The molecule has 0 heterocycles. The fourth-order valence-electron chi connectivity index (χ4n) is 0. The average molecular weight is 164 g/mol. The van der Waals surface area contributed by atoms with Gasteiger partial charge in [-0.15, -0.1) is 6.58 Å². The van der Waals surface area contributed by atoms with Crippen LogP contribution < -0.4 is 0 Å². The molecule has 0 saturated carbocycles. The monoisotopic (exact) mass is 164 g/mol. The summed E-state index contributed by atoms with van der Waals surface area (Å²) in [6.07, 6.45) is 1.43. The minimum absolute atomic E-state index is 0. The Labute approximate surface area is 45.4 Å². The quantitative estimate of drug-likeness (QED) is 0.433. The van der Waals surface area contributed by atoms with E-state index in [-0.39, 0.29) is 27.0 Å². The zero-order valence-electron chi connectivity index (χ0n) is 2.76. The molecule has 0 bridgehead atoms. The summed E-state index contributed by atoms with van der Waals surface area (Å²) in [6, 6.07) is 0. The third-order valence-corrected chi connectivity index (χ3v) is 0.129. The summed E-state index contributed by atoms with van der Waals surface area (Å²) in [5.74, 6) is 0. The van der Waals surface area contributed by atoms with Crippen LogP contribution in [0.4, 0.5) is 0 Å².